The summed E-state index contributed by atoms with van der Waals surface area (Å²) in [6.07, 6.45) is 2.85. The molecule has 5 heteroatoms. The van der Waals surface area contributed by atoms with Gasteiger partial charge in [-0.1, -0.05) is 13.8 Å². The summed E-state index contributed by atoms with van der Waals surface area (Å²) < 4.78 is 1.62. The molecule has 0 spiro atoms. The van der Waals surface area contributed by atoms with Gasteiger partial charge in [0.2, 0.25) is 0 Å². The molecule has 0 radical (unpaired) electrons. The van der Waals surface area contributed by atoms with Crippen molar-refractivity contribution in [1.29, 1.82) is 5.41 Å². The molecule has 0 aromatic carbocycles. The predicted octanol–water partition coefficient (Wildman–Crippen LogP) is -1.01. The van der Waals surface area contributed by atoms with Crippen molar-refractivity contribution in [3.63, 3.8) is 0 Å². The van der Waals surface area contributed by atoms with Crippen molar-refractivity contribution < 1.29 is 51.4 Å². The van der Waals surface area contributed by atoms with Crippen molar-refractivity contribution in [3.8, 4) is 0 Å². The number of nitrogens with zero attached hydrogens (tertiary/aromatic N) is 3. The molecule has 1 N–H and O–H groups in total. The number of hydrogen-bond donors (Lipinski definition) is 1. The van der Waals surface area contributed by atoms with E-state index in [1.807, 2.05) is 20.8 Å². The van der Waals surface area contributed by atoms with E-state index in [1.165, 1.54) is 6.21 Å². The molecule has 1 rings (SSSR count). The summed E-state index contributed by atoms with van der Waals surface area (Å²) >= 11 is 0. The third kappa shape index (κ3) is 4.37. The van der Waals surface area contributed by atoms with Crippen LogP contribution < -0.4 is 51.4 Å². The Kier molecular flexibility index (Phi) is 10.8. The molecule has 0 saturated heterocycles. The number of rotatable bonds is 2. The Morgan fingerprint density at radius 3 is 2.38 bits per heavy atom. The summed E-state index contributed by atoms with van der Waals surface area (Å²) in [7, 11) is 1.67. The molecular formula is C8H15KN4. The SMILES string of the molecule is CC.C[N-]n1c(C=N)cnc1C.[K+]. The van der Waals surface area contributed by atoms with Crippen LogP contribution in [0.5, 0.6) is 0 Å². The minimum Gasteiger partial charge on any atom is -0.618 e. The smallest absolute Gasteiger partial charge is 0.618 e. The van der Waals surface area contributed by atoms with E-state index in [0.717, 1.165) is 5.82 Å². The predicted molar refractivity (Wildman–Crippen MR) is 50.9 cm³/mol. The van der Waals surface area contributed by atoms with Gasteiger partial charge >= 0.3 is 51.4 Å². The molecule has 1 heterocycles. The molecule has 4 nitrogen and oxygen atoms in total. The maximum atomic E-state index is 6.96. The van der Waals surface area contributed by atoms with Gasteiger partial charge in [-0.3, -0.25) is 0 Å². The first-order valence-electron chi connectivity index (χ1n) is 3.94. The molecule has 0 bridgehead atoms. The molecule has 0 aliphatic carbocycles. The molecule has 0 aliphatic heterocycles. The number of hydrogen-bond acceptors (Lipinski definition) is 2. The van der Waals surface area contributed by atoms with Crippen LogP contribution in [0.15, 0.2) is 6.20 Å². The molecule has 0 saturated carbocycles. The summed E-state index contributed by atoms with van der Waals surface area (Å²) in [6.45, 7) is 5.85. The van der Waals surface area contributed by atoms with Gasteiger partial charge in [0, 0.05) is 6.21 Å². The van der Waals surface area contributed by atoms with Crippen molar-refractivity contribution in [2.45, 2.75) is 20.8 Å². The topological polar surface area (TPSA) is 55.8 Å². The van der Waals surface area contributed by atoms with Crippen LogP contribution in [0, 0.1) is 12.3 Å². The number of nitrogens with one attached hydrogen (secondary N) is 1. The van der Waals surface area contributed by atoms with E-state index in [0.29, 0.717) is 5.69 Å². The van der Waals surface area contributed by atoms with Crippen LogP contribution in [-0.2, 0) is 0 Å². The summed E-state index contributed by atoms with van der Waals surface area (Å²) in [6, 6.07) is 0. The Bertz CT molecular complexity index is 244. The van der Waals surface area contributed by atoms with Crippen LogP contribution in [0.1, 0.15) is 25.4 Å². The number of aromatic nitrogens is 2. The molecule has 0 fully saturated rings. The summed E-state index contributed by atoms with van der Waals surface area (Å²) in [4.78, 5) is 3.98. The van der Waals surface area contributed by atoms with Gasteiger partial charge in [-0.25, -0.2) is 4.98 Å². The normalized spacial score (nSPS) is 7.69. The Labute approximate surface area is 122 Å². The molecule has 1 aromatic heterocycles. The Morgan fingerprint density at radius 2 is 2.08 bits per heavy atom. The second kappa shape index (κ2) is 8.89. The zero-order chi connectivity index (χ0) is 9.56. The Morgan fingerprint density at radius 1 is 1.54 bits per heavy atom. The first-order valence-corrected chi connectivity index (χ1v) is 3.94. The van der Waals surface area contributed by atoms with Gasteiger partial charge in [0.25, 0.3) is 0 Å². The van der Waals surface area contributed by atoms with E-state index in [1.54, 1.807) is 17.9 Å². The third-order valence-electron chi connectivity index (χ3n) is 1.28. The maximum Gasteiger partial charge on any atom is 1.00 e. The van der Waals surface area contributed by atoms with Crippen LogP contribution in [0.2, 0.25) is 0 Å². The average Bonchev–Trinajstić information content (AvgIpc) is 2.49. The molecule has 0 unspecified atom stereocenters. The second-order valence-corrected chi connectivity index (χ2v) is 1.89. The Balaban J connectivity index is 0. The van der Waals surface area contributed by atoms with Crippen molar-refractivity contribution in [3.05, 3.63) is 23.1 Å². The van der Waals surface area contributed by atoms with Gasteiger partial charge in [0.05, 0.1) is 17.7 Å². The van der Waals surface area contributed by atoms with E-state index in [9.17, 15) is 0 Å². The van der Waals surface area contributed by atoms with Gasteiger partial charge in [-0.15, -0.1) is 7.05 Å². The van der Waals surface area contributed by atoms with Crippen molar-refractivity contribution in [2.75, 3.05) is 7.05 Å². The first-order chi connectivity index (χ1) is 5.79. The first kappa shape index (κ1) is 15.8. The minimum absolute atomic E-state index is 0. The van der Waals surface area contributed by atoms with Crippen LogP contribution >= 0.6 is 0 Å². The average molecular weight is 206 g/mol. The van der Waals surface area contributed by atoms with E-state index in [2.05, 4.69) is 10.4 Å². The zero-order valence-electron chi connectivity index (χ0n) is 9.00. The van der Waals surface area contributed by atoms with Crippen molar-refractivity contribution in [2.24, 2.45) is 0 Å². The quantitative estimate of drug-likeness (QED) is 0.489. The van der Waals surface area contributed by atoms with Crippen molar-refractivity contribution in [1.82, 2.24) is 9.66 Å². The van der Waals surface area contributed by atoms with Gasteiger partial charge in [-0.2, -0.15) is 0 Å². The molecule has 0 amide bonds. The number of imidazole rings is 1. The van der Waals surface area contributed by atoms with E-state index < -0.39 is 0 Å². The third-order valence-corrected chi connectivity index (χ3v) is 1.28. The van der Waals surface area contributed by atoms with Crippen LogP contribution in [-0.4, -0.2) is 22.9 Å². The fraction of sp³-hybridized carbons (Fsp3) is 0.500. The van der Waals surface area contributed by atoms with E-state index in [-0.39, 0.29) is 51.4 Å². The molecule has 68 valence electrons. The Hall–Kier alpha value is 0.316. The summed E-state index contributed by atoms with van der Waals surface area (Å²) in [5, 5.41) is 6.96. The monoisotopic (exact) mass is 206 g/mol. The van der Waals surface area contributed by atoms with Crippen LogP contribution in [0.4, 0.5) is 0 Å². The summed E-state index contributed by atoms with van der Waals surface area (Å²) in [5.74, 6) is 0.806. The second-order valence-electron chi connectivity index (χ2n) is 1.89. The fourth-order valence-corrected chi connectivity index (χ4v) is 0.814. The van der Waals surface area contributed by atoms with Crippen LogP contribution in [0.3, 0.4) is 0 Å². The van der Waals surface area contributed by atoms with Gasteiger partial charge in [0.1, 0.15) is 0 Å². The fourth-order valence-electron chi connectivity index (χ4n) is 0.814. The standard InChI is InChI=1S/C6H9N4.C2H6.K/c1-5-9-4-6(3-7)10(5)8-2;1-2;/h3-4,7H,1-2H3;1-2H3;/q-1;;+1. The minimum atomic E-state index is 0. The molecule has 1 aromatic rings. The van der Waals surface area contributed by atoms with Gasteiger partial charge in [0.15, 0.2) is 0 Å². The molecule has 0 aliphatic rings. The molecule has 0 atom stereocenters. The molecular weight excluding hydrogens is 191 g/mol. The van der Waals surface area contributed by atoms with Crippen LogP contribution in [0.25, 0.3) is 5.43 Å². The van der Waals surface area contributed by atoms with Gasteiger partial charge in [-0.05, 0) is 6.92 Å². The van der Waals surface area contributed by atoms with E-state index in [4.69, 9.17) is 5.41 Å². The largest absolute Gasteiger partial charge is 1.00 e. The number of aryl methyl sites for hydroxylation is 1. The van der Waals surface area contributed by atoms with Gasteiger partial charge < -0.3 is 15.5 Å². The van der Waals surface area contributed by atoms with E-state index >= 15 is 0 Å². The maximum absolute atomic E-state index is 6.96. The van der Waals surface area contributed by atoms with Crippen molar-refractivity contribution >= 4 is 6.21 Å². The zero-order valence-corrected chi connectivity index (χ0v) is 12.1. The molecule has 13 heavy (non-hydrogen) atoms. The summed E-state index contributed by atoms with van der Waals surface area (Å²) in [5.41, 5.74) is 4.61.